The summed E-state index contributed by atoms with van der Waals surface area (Å²) in [6, 6.07) is -14.6. The highest BCUT2D eigenvalue weighted by Gasteiger charge is 2.44. The van der Waals surface area contributed by atoms with Crippen molar-refractivity contribution in [3.63, 3.8) is 0 Å². The van der Waals surface area contributed by atoms with Crippen molar-refractivity contribution >= 4 is 114 Å². The number of nitrogens with zero attached hydrogens (tertiary/aromatic N) is 2. The summed E-state index contributed by atoms with van der Waals surface area (Å²) in [4.78, 5) is 268. The summed E-state index contributed by atoms with van der Waals surface area (Å²) in [6.45, 7) is 9.72. The molecule has 14 amide bonds. The summed E-state index contributed by atoms with van der Waals surface area (Å²) in [7, 11) is -4.25. The number of ether oxygens (including phenoxy) is 2. The molecule has 47 nitrogen and oxygen atoms in total. The van der Waals surface area contributed by atoms with Crippen molar-refractivity contribution in [3.8, 4) is 17.2 Å². The second-order valence-corrected chi connectivity index (χ2v) is 32.4. The predicted octanol–water partition coefficient (Wildman–Crippen LogP) is -5.90. The first kappa shape index (κ1) is 109. The van der Waals surface area contributed by atoms with E-state index in [4.69, 9.17) is 25.5 Å². The standard InChI is InChI=1S/C78H121N16O31P/c1-13-40(8)63(91-67(107)49(25-26-58(101)102)82-65(105)41(9)80)74(114)90-60(37(2)3)71(111)84-50(29-44-19-22-46(99)23-20-44)68(108)83-48(17-14-15-27-79)66(106)87-54(36-124-126(120,121)122)77(117)94-28-16-18-55(94)70(110)88-62(39(6)7)73(113)89-61(38(4)5)72(112)85-52(34-95)76(116)93(32-45-21-24-47(123-12)30-56(45)125-43(11)98)33-57(100)81-51(31-59(103)104)69(109)92-64(42(10)97)75(115)86-53(35-96)78(118)119/h19-24,30,37-42,48-55,60-64,95-97,99H,13-18,25-29,31-36,79-80H2,1-12H3,(H,81,100)(H,82,105)(H,83,108)(H,84,111)(H,85,112)(H,86,115)(H,87,106)(H,88,110)(H,89,113)(H,90,114)(H,91,107)(H,92,109)(H,101,102)(H,103,104)(H,118,119)(H2,120,121,122)/t40-,41-,42+,48-,49-,50-,51-,52-,53-,54-,55-,60-,61-,62-,63-,64-/m0/s1. The van der Waals surface area contributed by atoms with Gasteiger partial charge in [0, 0.05) is 44.5 Å². The minimum atomic E-state index is -5.51. The Morgan fingerprint density at radius 3 is 1.56 bits per heavy atom. The zero-order chi connectivity index (χ0) is 95.5. The maximum Gasteiger partial charge on any atom is 0.469 e. The van der Waals surface area contributed by atoms with Crippen LogP contribution in [0.4, 0.5) is 0 Å². The van der Waals surface area contributed by atoms with Gasteiger partial charge < -0.3 is 140 Å². The van der Waals surface area contributed by atoms with Crippen LogP contribution in [0.1, 0.15) is 145 Å². The van der Waals surface area contributed by atoms with Crippen molar-refractivity contribution in [2.24, 2.45) is 35.1 Å². The number of aliphatic carboxylic acids is 3. The summed E-state index contributed by atoms with van der Waals surface area (Å²) in [5, 5.41) is 97.9. The van der Waals surface area contributed by atoms with Gasteiger partial charge in [-0.15, -0.1) is 0 Å². The number of benzene rings is 2. The van der Waals surface area contributed by atoms with E-state index in [2.05, 4.69) is 53.2 Å². The van der Waals surface area contributed by atoms with Crippen molar-refractivity contribution in [1.82, 2.24) is 73.6 Å². The van der Waals surface area contributed by atoms with Crippen LogP contribution in [0, 0.1) is 23.7 Å². The number of aliphatic hydroxyl groups is 3. The number of phenols is 1. The summed E-state index contributed by atoms with van der Waals surface area (Å²) >= 11 is 0. The molecule has 0 aliphatic carbocycles. The second-order valence-electron chi connectivity index (χ2n) is 31.2. The van der Waals surface area contributed by atoms with Crippen LogP contribution in [-0.2, 0) is 108 Å². The van der Waals surface area contributed by atoms with Gasteiger partial charge in [0.05, 0.1) is 52.0 Å². The molecular formula is C78H121N16O31P. The lowest BCUT2D eigenvalue weighted by Gasteiger charge is -2.32. The maximum absolute atomic E-state index is 14.9. The molecule has 0 aromatic heterocycles. The summed E-state index contributed by atoms with van der Waals surface area (Å²) in [5.41, 5.74) is 11.8. The number of unbranched alkanes of at least 4 members (excludes halogenated alkanes) is 1. The van der Waals surface area contributed by atoms with E-state index in [0.29, 0.717) is 10.5 Å². The SMILES string of the molecule is CC[C@H](C)[C@H](NC(=O)[C@H](CCC(=O)O)NC(=O)[C@H](C)N)C(=O)N[C@H](C(=O)N[C@@H](Cc1ccc(O)cc1)C(=O)N[C@@H](CCCCN)C(=O)N[C@@H](COP(=O)(O)O)C(=O)N1CCC[C@H]1C(=O)N[C@H](C(=O)N[C@H](C(=O)N[C@@H](CO)C(=O)N(CC(=O)N[C@@H](CC(=O)O)C(=O)N[C@H](C(=O)N[C@@H](CO)C(=O)O)[C@@H](C)O)Cc1ccc(OC)cc1OC(C)=O)C(C)C)C(C)C)C(C)C. The van der Waals surface area contributed by atoms with Gasteiger partial charge in [0.25, 0.3) is 0 Å². The van der Waals surface area contributed by atoms with E-state index < -0.39 is 281 Å². The van der Waals surface area contributed by atoms with Crippen molar-refractivity contribution < 1.29 is 150 Å². The number of rotatable bonds is 54. The highest BCUT2D eigenvalue weighted by Crippen LogP contribution is 2.36. The summed E-state index contributed by atoms with van der Waals surface area (Å²) in [5.74, 6) is -24.9. The van der Waals surface area contributed by atoms with Crippen LogP contribution in [0.3, 0.4) is 0 Å². The zero-order valence-corrected chi connectivity index (χ0v) is 72.9. The number of phosphoric ester groups is 1. The van der Waals surface area contributed by atoms with Gasteiger partial charge in [-0.1, -0.05) is 73.9 Å². The van der Waals surface area contributed by atoms with Crippen LogP contribution in [0.5, 0.6) is 17.2 Å². The molecule has 0 unspecified atom stereocenters. The number of carboxylic acid groups (broad SMARTS) is 3. The average molecular weight is 1810 g/mol. The Labute approximate surface area is 725 Å². The highest BCUT2D eigenvalue weighted by atomic mass is 31.2. The number of likely N-dealkylation sites (tertiary alicyclic amines) is 1. The Kier molecular flexibility index (Phi) is 45.1. The lowest BCUT2D eigenvalue weighted by atomic mass is 9.95. The largest absolute Gasteiger partial charge is 0.508 e. The molecule has 0 bridgehead atoms. The molecule has 1 fully saturated rings. The first-order valence-corrected chi connectivity index (χ1v) is 42.0. The minimum absolute atomic E-state index is 0.0469. The lowest BCUT2D eigenvalue weighted by molar-refractivity contribution is -0.145. The Bertz CT molecular complexity index is 4190. The van der Waals surface area contributed by atoms with Crippen molar-refractivity contribution in [3.05, 3.63) is 53.6 Å². The minimum Gasteiger partial charge on any atom is -0.508 e. The second kappa shape index (κ2) is 52.4. The predicted molar refractivity (Wildman–Crippen MR) is 441 cm³/mol. The van der Waals surface area contributed by atoms with Crippen LogP contribution >= 0.6 is 7.82 Å². The molecule has 1 saturated heterocycles. The normalized spacial score (nSPS) is 16.2. The molecule has 3 rings (SSSR count). The molecule has 0 saturated carbocycles. The molecule has 0 spiro atoms. The van der Waals surface area contributed by atoms with Gasteiger partial charge in [0.2, 0.25) is 82.7 Å². The number of hydrogen-bond donors (Lipinski definition) is 23. The van der Waals surface area contributed by atoms with Gasteiger partial charge in [-0.3, -0.25) is 86.0 Å². The van der Waals surface area contributed by atoms with Gasteiger partial charge in [-0.2, -0.15) is 0 Å². The fourth-order valence-corrected chi connectivity index (χ4v) is 13.0. The number of carboxylic acids is 3. The quantitative estimate of drug-likeness (QED) is 0.0127. The fraction of sp³-hybridized carbons (Fsp3) is 0.615. The first-order valence-electron chi connectivity index (χ1n) is 40.5. The number of aromatic hydroxyl groups is 1. The number of phenolic OH excluding ortho intramolecular Hbond substituents is 1. The molecule has 1 heterocycles. The van der Waals surface area contributed by atoms with Gasteiger partial charge in [-0.05, 0) is 112 Å². The Hall–Kier alpha value is -11.6. The molecule has 2 aromatic carbocycles. The van der Waals surface area contributed by atoms with Crippen LogP contribution in [0.25, 0.3) is 0 Å². The average Bonchev–Trinajstić information content (AvgIpc) is 1.60. The van der Waals surface area contributed by atoms with Crippen molar-refractivity contribution in [1.29, 1.82) is 0 Å². The van der Waals surface area contributed by atoms with Crippen LogP contribution in [0.2, 0.25) is 0 Å². The number of nitrogens with one attached hydrogen (secondary N) is 12. The topological polar surface area (TPSA) is 737 Å². The Balaban J connectivity index is 2.02. The Morgan fingerprint density at radius 1 is 0.571 bits per heavy atom. The smallest absolute Gasteiger partial charge is 0.469 e. The third-order valence-corrected chi connectivity index (χ3v) is 20.4. The summed E-state index contributed by atoms with van der Waals surface area (Å²) in [6.07, 6.45) is -4.13. The van der Waals surface area contributed by atoms with E-state index >= 15 is 0 Å². The molecule has 704 valence electrons. The zero-order valence-electron chi connectivity index (χ0n) is 72.0. The molecule has 0 radical (unpaired) electrons. The molecule has 1 aliphatic heterocycles. The first-order chi connectivity index (χ1) is 58.9. The number of aliphatic hydroxyl groups excluding tert-OH is 3. The molecule has 16 atom stereocenters. The van der Waals surface area contributed by atoms with Crippen molar-refractivity contribution in [2.75, 3.05) is 46.6 Å². The molecule has 25 N–H and O–H groups in total. The van der Waals surface area contributed by atoms with E-state index in [0.717, 1.165) is 18.7 Å². The highest BCUT2D eigenvalue weighted by molar-refractivity contribution is 7.46. The number of methoxy groups -OCH3 is 1. The van der Waals surface area contributed by atoms with E-state index in [1.54, 1.807) is 27.7 Å². The van der Waals surface area contributed by atoms with Gasteiger partial charge in [0.15, 0.2) is 0 Å². The van der Waals surface area contributed by atoms with Gasteiger partial charge in [-0.25, -0.2) is 9.36 Å². The molecule has 48 heteroatoms. The number of carbonyl (C=O) groups excluding carboxylic acids is 15. The van der Waals surface area contributed by atoms with Crippen LogP contribution in [0.15, 0.2) is 42.5 Å². The monoisotopic (exact) mass is 1810 g/mol. The number of amides is 14. The van der Waals surface area contributed by atoms with E-state index in [1.807, 2.05) is 10.6 Å². The van der Waals surface area contributed by atoms with Gasteiger partial charge in [0.1, 0.15) is 95.8 Å². The number of phosphoric acid groups is 1. The Morgan fingerprint density at radius 2 is 1.06 bits per heavy atom. The summed E-state index contributed by atoms with van der Waals surface area (Å²) < 4.78 is 27.7. The molecule has 1 aliphatic rings. The molecule has 126 heavy (non-hydrogen) atoms. The van der Waals surface area contributed by atoms with Crippen molar-refractivity contribution in [2.45, 2.75) is 238 Å². The fourth-order valence-electron chi connectivity index (χ4n) is 12.7. The van der Waals surface area contributed by atoms with E-state index in [-0.39, 0.29) is 80.8 Å². The number of esters is 1. The molecular weight excluding hydrogens is 1690 g/mol. The van der Waals surface area contributed by atoms with Crippen LogP contribution < -0.4 is 84.7 Å². The lowest BCUT2D eigenvalue weighted by Crippen LogP contribution is -2.62. The number of nitrogens with two attached hydrogens (primary N) is 2. The molecule has 2 aromatic rings. The van der Waals surface area contributed by atoms with E-state index in [9.17, 15) is 136 Å². The number of hydrogen-bond acceptors (Lipinski definition) is 28. The van der Waals surface area contributed by atoms with E-state index in [1.165, 1.54) is 84.2 Å². The third kappa shape index (κ3) is 35.8. The van der Waals surface area contributed by atoms with Crippen LogP contribution in [-0.4, -0.2) is 299 Å². The third-order valence-electron chi connectivity index (χ3n) is 19.9. The van der Waals surface area contributed by atoms with Gasteiger partial charge >= 0.3 is 31.7 Å². The number of carbonyl (C=O) groups is 18. The maximum atomic E-state index is 14.9.